The van der Waals surface area contributed by atoms with Crippen molar-refractivity contribution in [2.75, 3.05) is 0 Å². The SMILES string of the molecule is CC[C@H](C)[C@@H]1OCc2c(oc(=O)c(C)c2O)[C@@]1(C)O. The van der Waals surface area contributed by atoms with Crippen LogP contribution in [0, 0.1) is 12.8 Å². The van der Waals surface area contributed by atoms with Crippen LogP contribution in [0.25, 0.3) is 0 Å². The van der Waals surface area contributed by atoms with Crippen molar-refractivity contribution >= 4 is 0 Å². The van der Waals surface area contributed by atoms with Crippen molar-refractivity contribution in [1.82, 2.24) is 0 Å². The van der Waals surface area contributed by atoms with Crippen LogP contribution in [0.5, 0.6) is 5.75 Å². The molecule has 0 amide bonds. The largest absolute Gasteiger partial charge is 0.507 e. The third-order valence-corrected chi connectivity index (χ3v) is 4.00. The van der Waals surface area contributed by atoms with Crippen LogP contribution in [0.4, 0.5) is 0 Å². The van der Waals surface area contributed by atoms with Crippen LogP contribution in [0.1, 0.15) is 44.1 Å². The van der Waals surface area contributed by atoms with Crippen LogP contribution in [-0.4, -0.2) is 16.3 Å². The molecule has 2 heterocycles. The average Bonchev–Trinajstić information content (AvgIpc) is 2.36. The monoisotopic (exact) mass is 268 g/mol. The first-order valence-electron chi connectivity index (χ1n) is 6.50. The summed E-state index contributed by atoms with van der Waals surface area (Å²) in [6, 6.07) is 0. The van der Waals surface area contributed by atoms with Crippen LogP contribution < -0.4 is 5.63 Å². The molecule has 0 radical (unpaired) electrons. The molecule has 5 heteroatoms. The molecule has 1 aromatic heterocycles. The van der Waals surface area contributed by atoms with Gasteiger partial charge in [0.05, 0.1) is 23.8 Å². The molecule has 2 N–H and O–H groups in total. The second kappa shape index (κ2) is 4.65. The zero-order chi connectivity index (χ0) is 14.4. The molecule has 0 aliphatic carbocycles. The summed E-state index contributed by atoms with van der Waals surface area (Å²) in [6.07, 6.45) is 0.369. The third-order valence-electron chi connectivity index (χ3n) is 4.00. The average molecular weight is 268 g/mol. The van der Waals surface area contributed by atoms with Gasteiger partial charge in [-0.2, -0.15) is 0 Å². The molecule has 1 aliphatic heterocycles. The molecule has 0 saturated heterocycles. The van der Waals surface area contributed by atoms with Gasteiger partial charge in [0.25, 0.3) is 0 Å². The van der Waals surface area contributed by atoms with E-state index in [4.69, 9.17) is 9.15 Å². The molecule has 106 valence electrons. The number of aliphatic hydroxyl groups is 1. The van der Waals surface area contributed by atoms with Crippen LogP contribution in [0.3, 0.4) is 0 Å². The number of aromatic hydroxyl groups is 1. The topological polar surface area (TPSA) is 79.9 Å². The fraction of sp³-hybridized carbons (Fsp3) is 0.643. The van der Waals surface area contributed by atoms with Gasteiger partial charge in [-0.3, -0.25) is 0 Å². The smallest absolute Gasteiger partial charge is 0.342 e. The molecule has 1 aromatic rings. The molecule has 2 rings (SSSR count). The summed E-state index contributed by atoms with van der Waals surface area (Å²) in [6.45, 7) is 7.14. The molecule has 0 unspecified atom stereocenters. The molecule has 1 aliphatic rings. The van der Waals surface area contributed by atoms with Crippen molar-refractivity contribution in [3.63, 3.8) is 0 Å². The summed E-state index contributed by atoms with van der Waals surface area (Å²) in [7, 11) is 0. The molecule has 0 spiro atoms. The highest BCUT2D eigenvalue weighted by molar-refractivity contribution is 5.42. The van der Waals surface area contributed by atoms with E-state index in [1.54, 1.807) is 6.92 Å². The van der Waals surface area contributed by atoms with Gasteiger partial charge in [0, 0.05) is 0 Å². The number of rotatable bonds is 2. The Hall–Kier alpha value is -1.33. The Morgan fingerprint density at radius 1 is 1.53 bits per heavy atom. The Balaban J connectivity index is 2.59. The standard InChI is InChI=1S/C14H20O5/c1-5-7(2)11-14(4,17)12-9(6-18-11)10(15)8(3)13(16)19-12/h7,11,15,17H,5-6H2,1-4H3/t7-,11-,14-/m0/s1. The lowest BCUT2D eigenvalue weighted by Gasteiger charge is -2.40. The van der Waals surface area contributed by atoms with Crippen LogP contribution in [0.2, 0.25) is 0 Å². The maximum Gasteiger partial charge on any atom is 0.342 e. The molecule has 0 saturated carbocycles. The Morgan fingerprint density at radius 3 is 2.74 bits per heavy atom. The zero-order valence-corrected chi connectivity index (χ0v) is 11.7. The van der Waals surface area contributed by atoms with Gasteiger partial charge in [0.15, 0.2) is 5.76 Å². The maximum atomic E-state index is 11.7. The summed E-state index contributed by atoms with van der Waals surface area (Å²) in [5.41, 5.74) is -1.55. The highest BCUT2D eigenvalue weighted by Gasteiger charge is 2.46. The summed E-state index contributed by atoms with van der Waals surface area (Å²) < 4.78 is 10.9. The van der Waals surface area contributed by atoms with Gasteiger partial charge in [-0.1, -0.05) is 20.3 Å². The molecule has 0 fully saturated rings. The molecule has 5 nitrogen and oxygen atoms in total. The van der Waals surface area contributed by atoms with Gasteiger partial charge >= 0.3 is 5.63 Å². The minimum Gasteiger partial charge on any atom is -0.507 e. The zero-order valence-electron chi connectivity index (χ0n) is 11.7. The van der Waals surface area contributed by atoms with Gasteiger partial charge in [0.1, 0.15) is 11.4 Å². The van der Waals surface area contributed by atoms with Crippen molar-refractivity contribution in [3.8, 4) is 5.75 Å². The van der Waals surface area contributed by atoms with Crippen molar-refractivity contribution < 1.29 is 19.4 Å². The summed E-state index contributed by atoms with van der Waals surface area (Å²) in [4.78, 5) is 11.7. The third kappa shape index (κ3) is 2.07. The lowest BCUT2D eigenvalue weighted by molar-refractivity contribution is -0.160. The van der Waals surface area contributed by atoms with Crippen LogP contribution >= 0.6 is 0 Å². The van der Waals surface area contributed by atoms with Crippen molar-refractivity contribution in [3.05, 3.63) is 27.3 Å². The predicted molar refractivity (Wildman–Crippen MR) is 69.0 cm³/mol. The fourth-order valence-electron chi connectivity index (χ4n) is 2.60. The van der Waals surface area contributed by atoms with E-state index >= 15 is 0 Å². The molecule has 3 atom stereocenters. The van der Waals surface area contributed by atoms with Gasteiger partial charge in [-0.05, 0) is 19.8 Å². The molecule has 19 heavy (non-hydrogen) atoms. The molecular weight excluding hydrogens is 248 g/mol. The highest BCUT2D eigenvalue weighted by Crippen LogP contribution is 2.41. The Morgan fingerprint density at radius 2 is 2.16 bits per heavy atom. The first-order valence-corrected chi connectivity index (χ1v) is 6.50. The highest BCUT2D eigenvalue weighted by atomic mass is 16.5. The quantitative estimate of drug-likeness (QED) is 0.855. The fourth-order valence-corrected chi connectivity index (χ4v) is 2.60. The molecule has 0 bridgehead atoms. The normalized spacial score (nSPS) is 27.9. The minimum absolute atomic E-state index is 0.108. The van der Waals surface area contributed by atoms with E-state index in [1.807, 2.05) is 13.8 Å². The summed E-state index contributed by atoms with van der Waals surface area (Å²) in [5, 5.41) is 20.6. The van der Waals surface area contributed by atoms with E-state index in [1.165, 1.54) is 6.92 Å². The molecular formula is C14H20O5. The van der Waals surface area contributed by atoms with E-state index in [0.717, 1.165) is 6.42 Å². The van der Waals surface area contributed by atoms with Crippen molar-refractivity contribution in [1.29, 1.82) is 0 Å². The number of hydrogen-bond donors (Lipinski definition) is 2. The van der Waals surface area contributed by atoms with E-state index < -0.39 is 17.3 Å². The lowest BCUT2D eigenvalue weighted by Crippen LogP contribution is -2.47. The van der Waals surface area contributed by atoms with Crippen molar-refractivity contribution in [2.45, 2.75) is 52.4 Å². The number of fused-ring (bicyclic) bond motifs is 1. The van der Waals surface area contributed by atoms with Crippen LogP contribution in [-0.2, 0) is 16.9 Å². The van der Waals surface area contributed by atoms with Gasteiger partial charge < -0.3 is 19.4 Å². The van der Waals surface area contributed by atoms with E-state index in [-0.39, 0.29) is 29.6 Å². The Kier molecular flexibility index (Phi) is 3.45. The second-order valence-electron chi connectivity index (χ2n) is 5.44. The second-order valence-corrected chi connectivity index (χ2v) is 5.44. The summed E-state index contributed by atoms with van der Waals surface area (Å²) in [5.74, 6) is 0.0863. The van der Waals surface area contributed by atoms with Crippen molar-refractivity contribution in [2.24, 2.45) is 5.92 Å². The Bertz CT molecular complexity index is 544. The first-order chi connectivity index (χ1) is 8.80. The van der Waals surface area contributed by atoms with Gasteiger partial charge in [0.2, 0.25) is 0 Å². The van der Waals surface area contributed by atoms with E-state index in [0.29, 0.717) is 5.56 Å². The number of hydrogen-bond acceptors (Lipinski definition) is 5. The maximum absolute atomic E-state index is 11.7. The van der Waals surface area contributed by atoms with E-state index in [2.05, 4.69) is 0 Å². The van der Waals surface area contributed by atoms with Gasteiger partial charge in [-0.25, -0.2) is 4.79 Å². The van der Waals surface area contributed by atoms with E-state index in [9.17, 15) is 15.0 Å². The predicted octanol–water partition coefficient (Wildman–Crippen LogP) is 1.81. The van der Waals surface area contributed by atoms with Gasteiger partial charge in [-0.15, -0.1) is 0 Å². The van der Waals surface area contributed by atoms with Crippen LogP contribution in [0.15, 0.2) is 9.21 Å². The minimum atomic E-state index is -1.42. The summed E-state index contributed by atoms with van der Waals surface area (Å²) >= 11 is 0. The Labute approximate surface area is 111 Å². The first kappa shape index (κ1) is 14.1. The number of ether oxygens (including phenoxy) is 1. The lowest BCUT2D eigenvalue weighted by atomic mass is 9.82. The molecule has 0 aromatic carbocycles.